The molecule has 4 N–H and O–H groups in total. The highest BCUT2D eigenvalue weighted by atomic mass is 16.5. The first-order chi connectivity index (χ1) is 23.6. The molecule has 0 bridgehead atoms. The van der Waals surface area contributed by atoms with Gasteiger partial charge in [-0.2, -0.15) is 4.98 Å². The Bertz CT molecular complexity index is 1390. The smallest absolute Gasteiger partial charge is 0.237 e. The van der Waals surface area contributed by atoms with E-state index in [0.29, 0.717) is 31.7 Å². The van der Waals surface area contributed by atoms with Crippen LogP contribution in [0.4, 0.5) is 11.8 Å². The van der Waals surface area contributed by atoms with Gasteiger partial charge in [0.05, 0.1) is 6.04 Å². The maximum absolute atomic E-state index is 13.2. The quantitative estimate of drug-likeness (QED) is 0.204. The van der Waals surface area contributed by atoms with Crippen molar-refractivity contribution in [1.82, 2.24) is 20.2 Å². The first-order valence-electron chi connectivity index (χ1n) is 18.5. The van der Waals surface area contributed by atoms with Crippen molar-refractivity contribution in [2.75, 3.05) is 36.4 Å². The number of anilines is 2. The second-order valence-corrected chi connectivity index (χ2v) is 13.9. The van der Waals surface area contributed by atoms with Crippen LogP contribution in [0.15, 0.2) is 66.9 Å². The Balaban J connectivity index is 1.04. The average molecular weight is 654 g/mol. The molecule has 3 aliphatic rings. The van der Waals surface area contributed by atoms with Crippen LogP contribution in [0, 0.1) is 0 Å². The molecule has 2 aliphatic heterocycles. The molecule has 9 heteroatoms. The fourth-order valence-electron chi connectivity index (χ4n) is 7.83. The highest BCUT2D eigenvalue weighted by molar-refractivity contribution is 5.81. The van der Waals surface area contributed by atoms with Crippen molar-refractivity contribution in [3.05, 3.63) is 78.0 Å². The molecule has 1 saturated carbocycles. The van der Waals surface area contributed by atoms with Gasteiger partial charge in [0.1, 0.15) is 18.2 Å². The number of amides is 1. The lowest BCUT2D eigenvalue weighted by molar-refractivity contribution is -0.122. The molecule has 2 aromatic carbocycles. The number of piperidine rings is 1. The summed E-state index contributed by atoms with van der Waals surface area (Å²) in [6.07, 6.45) is 17.0. The Labute approximate surface area is 287 Å². The average Bonchev–Trinajstić information content (AvgIpc) is 3.43. The molecular formula is C39H55N7O2. The van der Waals surface area contributed by atoms with Crippen LogP contribution in [-0.2, 0) is 17.8 Å². The van der Waals surface area contributed by atoms with E-state index in [0.717, 1.165) is 67.5 Å². The molecule has 2 saturated heterocycles. The largest absolute Gasteiger partial charge is 0.489 e. The summed E-state index contributed by atoms with van der Waals surface area (Å²) in [5.74, 6) is 2.46. The molecule has 3 heterocycles. The van der Waals surface area contributed by atoms with Crippen LogP contribution in [0.2, 0.25) is 0 Å². The predicted molar refractivity (Wildman–Crippen MR) is 193 cm³/mol. The number of rotatable bonds is 13. The summed E-state index contributed by atoms with van der Waals surface area (Å²) in [7, 11) is 0. The fourth-order valence-corrected chi connectivity index (χ4v) is 7.83. The third-order valence-corrected chi connectivity index (χ3v) is 10.5. The van der Waals surface area contributed by atoms with Gasteiger partial charge in [-0.1, -0.05) is 74.6 Å². The van der Waals surface area contributed by atoms with Gasteiger partial charge in [0.15, 0.2) is 0 Å². The van der Waals surface area contributed by atoms with Crippen LogP contribution in [0.1, 0.15) is 88.2 Å². The molecule has 2 unspecified atom stereocenters. The van der Waals surface area contributed by atoms with Crippen molar-refractivity contribution in [1.29, 1.82) is 0 Å². The third-order valence-electron chi connectivity index (χ3n) is 10.5. The summed E-state index contributed by atoms with van der Waals surface area (Å²) < 4.78 is 5.92. The Morgan fingerprint density at radius 3 is 2.38 bits per heavy atom. The van der Waals surface area contributed by atoms with E-state index in [4.69, 9.17) is 15.5 Å². The Hall–Kier alpha value is -3.69. The zero-order valence-corrected chi connectivity index (χ0v) is 28.6. The van der Waals surface area contributed by atoms with E-state index >= 15 is 0 Å². The highest BCUT2D eigenvalue weighted by Gasteiger charge is 2.36. The van der Waals surface area contributed by atoms with E-state index < -0.39 is 6.04 Å². The fraction of sp³-hybridized carbons (Fsp3) is 0.564. The predicted octanol–water partition coefficient (Wildman–Crippen LogP) is 6.09. The van der Waals surface area contributed by atoms with Gasteiger partial charge < -0.3 is 26.0 Å². The Morgan fingerprint density at radius 1 is 0.854 bits per heavy atom. The Morgan fingerprint density at radius 2 is 1.60 bits per heavy atom. The summed E-state index contributed by atoms with van der Waals surface area (Å²) in [4.78, 5) is 28.0. The van der Waals surface area contributed by atoms with Crippen molar-refractivity contribution in [2.24, 2.45) is 5.73 Å². The lowest BCUT2D eigenvalue weighted by Gasteiger charge is -2.47. The molecule has 6 rings (SSSR count). The molecule has 3 atom stereocenters. The van der Waals surface area contributed by atoms with Crippen LogP contribution in [-0.4, -0.2) is 71.1 Å². The lowest BCUT2D eigenvalue weighted by Crippen LogP contribution is -2.56. The number of carbonyl (C=O) groups excluding carboxylic acids is 1. The van der Waals surface area contributed by atoms with Gasteiger partial charge in [-0.05, 0) is 87.2 Å². The van der Waals surface area contributed by atoms with Crippen molar-refractivity contribution in [2.45, 2.75) is 114 Å². The number of nitrogens with one attached hydrogen (secondary N) is 2. The normalized spacial score (nSPS) is 21.6. The number of ether oxygens (including phenoxy) is 1. The number of nitrogens with zero attached hydrogens (tertiary/aromatic N) is 4. The van der Waals surface area contributed by atoms with Gasteiger partial charge >= 0.3 is 0 Å². The maximum atomic E-state index is 13.2. The summed E-state index contributed by atoms with van der Waals surface area (Å²) in [5, 5.41) is 6.96. The number of hydrogen-bond acceptors (Lipinski definition) is 8. The van der Waals surface area contributed by atoms with Crippen molar-refractivity contribution < 1.29 is 9.53 Å². The minimum Gasteiger partial charge on any atom is -0.489 e. The van der Waals surface area contributed by atoms with Crippen LogP contribution in [0.3, 0.4) is 0 Å². The number of benzene rings is 2. The van der Waals surface area contributed by atoms with Crippen LogP contribution in [0.5, 0.6) is 5.75 Å². The zero-order chi connectivity index (χ0) is 33.0. The maximum Gasteiger partial charge on any atom is 0.237 e. The summed E-state index contributed by atoms with van der Waals surface area (Å²) in [6.45, 7) is 4.36. The molecular weight excluding hydrogens is 598 g/mol. The van der Waals surface area contributed by atoms with E-state index in [1.54, 1.807) is 0 Å². The third kappa shape index (κ3) is 9.69. The van der Waals surface area contributed by atoms with Gasteiger partial charge in [0.2, 0.25) is 11.9 Å². The van der Waals surface area contributed by atoms with Gasteiger partial charge in [0, 0.05) is 44.0 Å². The summed E-state index contributed by atoms with van der Waals surface area (Å²) >= 11 is 0. The molecule has 3 aromatic rings. The van der Waals surface area contributed by atoms with Crippen LogP contribution >= 0.6 is 0 Å². The van der Waals surface area contributed by atoms with Crippen molar-refractivity contribution in [3.63, 3.8) is 0 Å². The first kappa shape index (κ1) is 34.2. The molecule has 9 nitrogen and oxygen atoms in total. The number of likely N-dealkylation sites (tertiary alicyclic amines) is 1. The SMILES string of the molecule is N[C@@H](Cc1ccc(OCc2ccccc2)cc1)C(=O)NCCC1C(Nc2nccc(N3CCCCCC3)n2)CCCN1C1CCCCC1. The molecule has 48 heavy (non-hydrogen) atoms. The van der Waals surface area contributed by atoms with Gasteiger partial charge in [-0.3, -0.25) is 9.69 Å². The van der Waals surface area contributed by atoms with Gasteiger partial charge in [-0.15, -0.1) is 0 Å². The van der Waals surface area contributed by atoms with Crippen molar-refractivity contribution in [3.8, 4) is 5.75 Å². The van der Waals surface area contributed by atoms with E-state index in [1.807, 2.05) is 48.7 Å². The molecule has 3 fully saturated rings. The molecule has 0 spiro atoms. The standard InChI is InChI=1S/C39H55N7O2/c40-34(28-30-17-19-33(20-18-30)48-29-31-12-5-3-6-13-31)38(47)41-23-21-36-35(16-11-27-46(36)32-14-7-4-8-15-32)43-39-42-24-22-37(44-39)45-25-9-1-2-10-26-45/h3,5-6,12-13,17-20,22,24,32,34-36H,1-2,4,7-11,14-16,21,23,25-29,40H2,(H,41,47)(H,42,43,44)/t34-,35?,36?/m0/s1. The minimum absolute atomic E-state index is 0.0996. The second kappa shape index (κ2) is 17.6. The van der Waals surface area contributed by atoms with E-state index in [1.165, 1.54) is 57.8 Å². The van der Waals surface area contributed by atoms with E-state index in [2.05, 4.69) is 43.6 Å². The van der Waals surface area contributed by atoms with Crippen LogP contribution < -0.4 is 26.0 Å². The molecule has 1 amide bonds. The minimum atomic E-state index is -0.606. The topological polar surface area (TPSA) is 109 Å². The number of carbonyl (C=O) groups is 1. The van der Waals surface area contributed by atoms with Crippen LogP contribution in [0.25, 0.3) is 0 Å². The molecule has 1 aliphatic carbocycles. The number of nitrogens with two attached hydrogens (primary N) is 1. The molecule has 0 radical (unpaired) electrons. The van der Waals surface area contributed by atoms with E-state index in [9.17, 15) is 4.79 Å². The summed E-state index contributed by atoms with van der Waals surface area (Å²) in [6, 6.07) is 20.6. The highest BCUT2D eigenvalue weighted by Crippen LogP contribution is 2.31. The molecule has 1 aromatic heterocycles. The summed E-state index contributed by atoms with van der Waals surface area (Å²) in [5.41, 5.74) is 8.56. The number of hydrogen-bond donors (Lipinski definition) is 3. The monoisotopic (exact) mass is 653 g/mol. The second-order valence-electron chi connectivity index (χ2n) is 13.9. The van der Waals surface area contributed by atoms with E-state index in [-0.39, 0.29) is 11.9 Å². The Kier molecular flexibility index (Phi) is 12.6. The lowest BCUT2D eigenvalue weighted by atomic mass is 9.87. The van der Waals surface area contributed by atoms with Gasteiger partial charge in [0.25, 0.3) is 0 Å². The molecule has 258 valence electrons. The van der Waals surface area contributed by atoms with Crippen molar-refractivity contribution >= 4 is 17.7 Å². The number of aromatic nitrogens is 2. The zero-order valence-electron chi connectivity index (χ0n) is 28.6. The first-order valence-corrected chi connectivity index (χ1v) is 18.5. The van der Waals surface area contributed by atoms with Gasteiger partial charge in [-0.25, -0.2) is 4.98 Å².